The Morgan fingerprint density at radius 3 is 2.17 bits per heavy atom. The van der Waals surface area contributed by atoms with Gasteiger partial charge >= 0.3 is 0 Å². The Labute approximate surface area is 174 Å². The van der Waals surface area contributed by atoms with Crippen LogP contribution >= 0.6 is 0 Å². The molecule has 2 aromatic carbocycles. The Hall–Kier alpha value is -2.51. The van der Waals surface area contributed by atoms with Crippen LogP contribution in [0, 0.1) is 6.92 Å². The number of ether oxygens (including phenoxy) is 1. The summed E-state index contributed by atoms with van der Waals surface area (Å²) in [5, 5.41) is 1.02. The van der Waals surface area contributed by atoms with Crippen molar-refractivity contribution in [2.24, 2.45) is 11.6 Å². The van der Waals surface area contributed by atoms with E-state index in [0.717, 1.165) is 11.1 Å². The summed E-state index contributed by atoms with van der Waals surface area (Å²) in [6.45, 7) is 9.94. The first-order valence-corrected chi connectivity index (χ1v) is 11.0. The van der Waals surface area contributed by atoms with Gasteiger partial charge in [-0.05, 0) is 54.2 Å². The molecule has 0 amide bonds. The van der Waals surface area contributed by atoms with E-state index in [9.17, 15) is 8.42 Å². The van der Waals surface area contributed by atoms with Crippen molar-refractivity contribution in [3.63, 3.8) is 0 Å². The number of nitrogens with two attached hydrogens (primary N) is 2. The molecule has 0 heterocycles. The van der Waals surface area contributed by atoms with Gasteiger partial charge in [0.1, 0.15) is 5.75 Å². The molecule has 0 aromatic heterocycles. The zero-order valence-corrected chi connectivity index (χ0v) is 18.8. The van der Waals surface area contributed by atoms with E-state index in [1.807, 2.05) is 38.1 Å². The van der Waals surface area contributed by atoms with Crippen LogP contribution in [0.15, 0.2) is 58.1 Å². The topological polar surface area (TPSA) is 98.7 Å². The smallest absolute Gasteiger partial charge is 0.223 e. The highest BCUT2D eigenvalue weighted by atomic mass is 32.2. The standard InChI is InChI=1S/C22H31N3O3S/c1-7-18(25(24)19-14-15(2)8-13-20(19)28-6)21(23)29(26,27)17-11-9-16(10-12-17)22(3,4)5/h8-14H,7,23-24H2,1-6H3/b21-18+. The second kappa shape index (κ2) is 8.47. The van der Waals surface area contributed by atoms with Crippen molar-refractivity contribution in [2.75, 3.05) is 12.1 Å². The predicted octanol–water partition coefficient (Wildman–Crippen LogP) is 3.99. The molecule has 0 aliphatic rings. The predicted molar refractivity (Wildman–Crippen MR) is 118 cm³/mol. The van der Waals surface area contributed by atoms with Crippen LogP contribution < -0.4 is 21.3 Å². The second-order valence-electron chi connectivity index (χ2n) is 7.99. The molecule has 0 fully saturated rings. The van der Waals surface area contributed by atoms with Crippen LogP contribution in [0.1, 0.15) is 45.2 Å². The molecule has 0 unspecified atom stereocenters. The van der Waals surface area contributed by atoms with Gasteiger partial charge in [-0.3, -0.25) is 5.01 Å². The van der Waals surface area contributed by atoms with Crippen molar-refractivity contribution in [1.29, 1.82) is 0 Å². The highest BCUT2D eigenvalue weighted by Gasteiger charge is 2.26. The molecule has 0 bridgehead atoms. The lowest BCUT2D eigenvalue weighted by Gasteiger charge is -2.25. The van der Waals surface area contributed by atoms with Crippen LogP contribution in [-0.4, -0.2) is 15.5 Å². The summed E-state index contributed by atoms with van der Waals surface area (Å²) in [6, 6.07) is 12.3. The zero-order chi connectivity index (χ0) is 22.0. The molecule has 158 valence electrons. The van der Waals surface area contributed by atoms with Gasteiger partial charge in [0.15, 0.2) is 5.03 Å². The summed E-state index contributed by atoms with van der Waals surface area (Å²) in [5.41, 5.74) is 8.94. The van der Waals surface area contributed by atoms with Crippen LogP contribution in [0.25, 0.3) is 0 Å². The van der Waals surface area contributed by atoms with Crippen molar-refractivity contribution >= 4 is 15.5 Å². The zero-order valence-electron chi connectivity index (χ0n) is 18.0. The Morgan fingerprint density at radius 1 is 1.10 bits per heavy atom. The number of aryl methyl sites for hydroxylation is 1. The number of methoxy groups -OCH3 is 1. The molecule has 2 rings (SSSR count). The molecule has 2 aromatic rings. The van der Waals surface area contributed by atoms with Crippen molar-refractivity contribution in [3.8, 4) is 5.75 Å². The van der Waals surface area contributed by atoms with Gasteiger partial charge in [-0.15, -0.1) is 0 Å². The number of sulfone groups is 1. The molecule has 0 aliphatic carbocycles. The van der Waals surface area contributed by atoms with Gasteiger partial charge in [0, 0.05) is 0 Å². The summed E-state index contributed by atoms with van der Waals surface area (Å²) in [4.78, 5) is 0.138. The van der Waals surface area contributed by atoms with Gasteiger partial charge in [0.25, 0.3) is 0 Å². The van der Waals surface area contributed by atoms with Gasteiger partial charge in [0.2, 0.25) is 9.84 Å². The number of rotatable bonds is 6. The van der Waals surface area contributed by atoms with Crippen LogP contribution in [0.2, 0.25) is 0 Å². The third-order valence-corrected chi connectivity index (χ3v) is 6.53. The summed E-state index contributed by atoms with van der Waals surface area (Å²) in [7, 11) is -2.36. The van der Waals surface area contributed by atoms with E-state index in [0.29, 0.717) is 23.6 Å². The molecule has 0 atom stereocenters. The van der Waals surface area contributed by atoms with E-state index in [1.54, 1.807) is 18.2 Å². The fraction of sp³-hybridized carbons (Fsp3) is 0.364. The molecular weight excluding hydrogens is 386 g/mol. The molecule has 0 saturated heterocycles. The first kappa shape index (κ1) is 22.8. The normalized spacial score (nSPS) is 13.1. The lowest BCUT2D eigenvalue weighted by atomic mass is 9.87. The monoisotopic (exact) mass is 417 g/mol. The van der Waals surface area contributed by atoms with E-state index < -0.39 is 9.84 Å². The largest absolute Gasteiger partial charge is 0.495 e. The quantitative estimate of drug-likeness (QED) is 0.545. The van der Waals surface area contributed by atoms with Crippen molar-refractivity contribution in [1.82, 2.24) is 0 Å². The van der Waals surface area contributed by atoms with Crippen LogP contribution in [-0.2, 0) is 15.3 Å². The first-order valence-electron chi connectivity index (χ1n) is 9.47. The van der Waals surface area contributed by atoms with E-state index in [4.69, 9.17) is 16.3 Å². The summed E-state index contributed by atoms with van der Waals surface area (Å²) >= 11 is 0. The molecule has 0 spiro atoms. The average molecular weight is 418 g/mol. The molecule has 6 nitrogen and oxygen atoms in total. The van der Waals surface area contributed by atoms with Gasteiger partial charge in [0.05, 0.1) is 23.4 Å². The van der Waals surface area contributed by atoms with E-state index in [1.165, 1.54) is 12.1 Å². The van der Waals surface area contributed by atoms with Crippen molar-refractivity contribution < 1.29 is 13.2 Å². The minimum absolute atomic E-state index is 0.0754. The molecule has 0 radical (unpaired) electrons. The minimum atomic E-state index is -3.90. The summed E-state index contributed by atoms with van der Waals surface area (Å²) < 4.78 is 31.7. The second-order valence-corrected chi connectivity index (χ2v) is 9.91. The number of hydrogen-bond acceptors (Lipinski definition) is 6. The van der Waals surface area contributed by atoms with Gasteiger partial charge in [-0.1, -0.05) is 45.9 Å². The Bertz CT molecular complexity index is 1000. The number of hydrazine groups is 1. The third-order valence-electron chi connectivity index (χ3n) is 4.82. The van der Waals surface area contributed by atoms with E-state index >= 15 is 0 Å². The Kier molecular flexibility index (Phi) is 6.65. The minimum Gasteiger partial charge on any atom is -0.495 e. The van der Waals surface area contributed by atoms with Crippen LogP contribution in [0.4, 0.5) is 5.69 Å². The highest BCUT2D eigenvalue weighted by molar-refractivity contribution is 7.95. The van der Waals surface area contributed by atoms with E-state index in [-0.39, 0.29) is 15.3 Å². The number of anilines is 1. The number of allylic oxidation sites excluding steroid dienone is 1. The molecule has 4 N–H and O–H groups in total. The molecule has 29 heavy (non-hydrogen) atoms. The van der Waals surface area contributed by atoms with Gasteiger partial charge < -0.3 is 10.5 Å². The SMILES string of the molecule is CC/C(=C(/N)S(=O)(=O)c1ccc(C(C)(C)C)cc1)N(N)c1cc(C)ccc1OC. The maximum absolute atomic E-state index is 13.2. The lowest BCUT2D eigenvalue weighted by molar-refractivity contribution is 0.415. The lowest BCUT2D eigenvalue weighted by Crippen LogP contribution is -2.34. The number of nitrogens with zero attached hydrogens (tertiary/aromatic N) is 1. The average Bonchev–Trinajstić information content (AvgIpc) is 2.67. The Balaban J connectivity index is 2.54. The fourth-order valence-electron chi connectivity index (χ4n) is 3.01. The van der Waals surface area contributed by atoms with Crippen LogP contribution in [0.5, 0.6) is 5.75 Å². The maximum atomic E-state index is 13.2. The Morgan fingerprint density at radius 2 is 1.69 bits per heavy atom. The van der Waals surface area contributed by atoms with Crippen molar-refractivity contribution in [3.05, 3.63) is 64.3 Å². The summed E-state index contributed by atoms with van der Waals surface area (Å²) in [6.07, 6.45) is 0.332. The molecule has 0 aliphatic heterocycles. The third kappa shape index (κ3) is 4.74. The highest BCUT2D eigenvalue weighted by Crippen LogP contribution is 2.32. The first-order chi connectivity index (χ1) is 13.4. The molecule has 7 heteroatoms. The fourth-order valence-corrected chi connectivity index (χ4v) is 4.31. The number of benzene rings is 2. The van der Waals surface area contributed by atoms with Crippen LogP contribution in [0.3, 0.4) is 0 Å². The summed E-state index contributed by atoms with van der Waals surface area (Å²) in [5.74, 6) is 6.83. The maximum Gasteiger partial charge on any atom is 0.223 e. The van der Waals surface area contributed by atoms with Gasteiger partial charge in [-0.25, -0.2) is 14.3 Å². The molecular formula is C22H31N3O3S. The molecule has 0 saturated carbocycles. The van der Waals surface area contributed by atoms with E-state index in [2.05, 4.69) is 20.8 Å². The number of hydrogen-bond donors (Lipinski definition) is 2. The van der Waals surface area contributed by atoms with Crippen molar-refractivity contribution in [2.45, 2.75) is 51.3 Å². The van der Waals surface area contributed by atoms with Gasteiger partial charge in [-0.2, -0.15) is 0 Å².